The Morgan fingerprint density at radius 3 is 2.08 bits per heavy atom. The number of rotatable bonds is 8. The molecule has 0 aliphatic carbocycles. The van der Waals surface area contributed by atoms with Crippen LogP contribution in [0.15, 0.2) is 53.3 Å². The normalized spacial score (nSPS) is 15.7. The molecule has 2 atom stereocenters. The summed E-state index contributed by atoms with van der Waals surface area (Å²) in [6.45, 7) is 2.79. The first kappa shape index (κ1) is 29.8. The number of aliphatic carboxylic acids is 2. The van der Waals surface area contributed by atoms with Crippen LogP contribution in [-0.4, -0.2) is 84.4 Å². The van der Waals surface area contributed by atoms with Crippen molar-refractivity contribution in [3.63, 3.8) is 0 Å². The molecule has 2 unspecified atom stereocenters. The van der Waals surface area contributed by atoms with Gasteiger partial charge in [0.2, 0.25) is 0 Å². The first-order chi connectivity index (χ1) is 18.5. The van der Waals surface area contributed by atoms with E-state index in [9.17, 15) is 23.6 Å². The van der Waals surface area contributed by atoms with Gasteiger partial charge in [-0.15, -0.1) is 0 Å². The molecule has 13 heteroatoms. The summed E-state index contributed by atoms with van der Waals surface area (Å²) in [7, 11) is 0. The lowest BCUT2D eigenvalue weighted by Crippen LogP contribution is -2.39. The Bertz CT molecular complexity index is 1430. The van der Waals surface area contributed by atoms with Gasteiger partial charge in [-0.2, -0.15) is 0 Å². The van der Waals surface area contributed by atoms with E-state index in [0.29, 0.717) is 28.8 Å². The first-order valence-corrected chi connectivity index (χ1v) is 12.5. The number of aliphatic hydroxyl groups excluding tert-OH is 2. The van der Waals surface area contributed by atoms with E-state index in [1.165, 1.54) is 12.1 Å². The van der Waals surface area contributed by atoms with E-state index >= 15 is 0 Å². The van der Waals surface area contributed by atoms with Crippen LogP contribution in [0.25, 0.3) is 10.9 Å². The number of aliphatic hydroxyl groups is 2. The second-order valence-electron chi connectivity index (χ2n) is 8.99. The van der Waals surface area contributed by atoms with Gasteiger partial charge in [0.25, 0.3) is 5.56 Å². The molecule has 1 fully saturated rings. The summed E-state index contributed by atoms with van der Waals surface area (Å²) in [4.78, 5) is 50.3. The molecule has 5 N–H and O–H groups in total. The number of para-hydroxylation sites is 1. The number of Topliss-reactive ketones (excluding diaryl/α,β-unsaturated/α-hetero) is 1. The van der Waals surface area contributed by atoms with E-state index in [-0.39, 0.29) is 23.1 Å². The molecule has 2 heterocycles. The second kappa shape index (κ2) is 13.3. The molecule has 1 aromatic heterocycles. The zero-order chi connectivity index (χ0) is 28.7. The SMILES string of the molecule is O=C(O)C(O)C(O)C(=O)O.O=C(c1ccc(F)cc1)C1CCN(CCn2c(=S)[nH]c3ccccc3c2=O)CC1. The smallest absolute Gasteiger partial charge is 0.335 e. The number of carbonyl (C=O) groups is 3. The van der Waals surface area contributed by atoms with Gasteiger partial charge in [-0.3, -0.25) is 14.2 Å². The maximum absolute atomic E-state index is 13.1. The van der Waals surface area contributed by atoms with Crippen molar-refractivity contribution in [1.82, 2.24) is 14.5 Å². The molecule has 11 nitrogen and oxygen atoms in total. The third kappa shape index (κ3) is 7.63. The Morgan fingerprint density at radius 1 is 0.949 bits per heavy atom. The average molecular weight is 562 g/mol. The van der Waals surface area contributed by atoms with Crippen LogP contribution < -0.4 is 5.56 Å². The summed E-state index contributed by atoms with van der Waals surface area (Å²) >= 11 is 5.37. The molecule has 0 radical (unpaired) electrons. The number of aromatic nitrogens is 2. The van der Waals surface area contributed by atoms with E-state index in [0.717, 1.165) is 31.4 Å². The summed E-state index contributed by atoms with van der Waals surface area (Å²) in [6, 6.07) is 13.1. The van der Waals surface area contributed by atoms with Crippen molar-refractivity contribution in [3.05, 3.63) is 75.0 Å². The lowest BCUT2D eigenvalue weighted by Gasteiger charge is -2.31. The van der Waals surface area contributed by atoms with Crippen molar-refractivity contribution in [2.75, 3.05) is 19.6 Å². The van der Waals surface area contributed by atoms with Crippen LogP contribution in [0, 0.1) is 16.5 Å². The number of carboxylic acids is 2. The number of nitrogens with one attached hydrogen (secondary N) is 1. The van der Waals surface area contributed by atoms with Gasteiger partial charge in [-0.25, -0.2) is 14.0 Å². The summed E-state index contributed by atoms with van der Waals surface area (Å²) < 4.78 is 15.1. The number of benzene rings is 2. The van der Waals surface area contributed by atoms with Gasteiger partial charge in [0, 0.05) is 24.6 Å². The van der Waals surface area contributed by atoms with Gasteiger partial charge in [0.1, 0.15) is 5.82 Å². The van der Waals surface area contributed by atoms with Crippen LogP contribution >= 0.6 is 12.2 Å². The minimum Gasteiger partial charge on any atom is -0.479 e. The minimum atomic E-state index is -2.27. The third-order valence-corrected chi connectivity index (χ3v) is 6.74. The number of halogens is 1. The number of piperidine rings is 1. The maximum atomic E-state index is 13.1. The number of ketones is 1. The molecule has 0 bridgehead atoms. The highest BCUT2D eigenvalue weighted by Crippen LogP contribution is 2.22. The van der Waals surface area contributed by atoms with Crippen LogP contribution in [0.5, 0.6) is 0 Å². The van der Waals surface area contributed by atoms with E-state index < -0.39 is 24.1 Å². The van der Waals surface area contributed by atoms with E-state index in [1.54, 1.807) is 22.8 Å². The van der Waals surface area contributed by atoms with Gasteiger partial charge >= 0.3 is 11.9 Å². The highest BCUT2D eigenvalue weighted by atomic mass is 32.1. The standard InChI is InChI=1S/C22H22FN3O2S.C4H6O6/c23-17-7-5-15(6-8-17)20(27)16-9-11-25(12-10-16)13-14-26-21(28)18-3-1-2-4-19(18)24-22(26)29;5-1(3(7)8)2(6)4(9)10/h1-8,16H,9-14H2,(H,24,29);1-2,5-6H,(H,7,8)(H,9,10). The first-order valence-electron chi connectivity index (χ1n) is 12.0. The number of likely N-dealkylation sites (tertiary alicyclic amines) is 1. The fourth-order valence-corrected chi connectivity index (χ4v) is 4.47. The molecule has 0 saturated carbocycles. The summed E-state index contributed by atoms with van der Waals surface area (Å²) in [5.74, 6) is -3.83. The summed E-state index contributed by atoms with van der Waals surface area (Å²) in [5, 5.41) is 33.2. The van der Waals surface area contributed by atoms with Gasteiger partial charge in [0.05, 0.1) is 10.9 Å². The fraction of sp³-hybridized carbons (Fsp3) is 0.346. The van der Waals surface area contributed by atoms with Crippen LogP contribution in [0.1, 0.15) is 23.2 Å². The average Bonchev–Trinajstić information content (AvgIpc) is 2.92. The van der Waals surface area contributed by atoms with E-state index in [2.05, 4.69) is 9.88 Å². The molecular weight excluding hydrogens is 533 g/mol. The second-order valence-corrected chi connectivity index (χ2v) is 9.37. The Kier molecular flexibility index (Phi) is 10.2. The molecule has 4 rings (SSSR count). The number of fused-ring (bicyclic) bond motifs is 1. The predicted molar refractivity (Wildman–Crippen MR) is 141 cm³/mol. The molecule has 2 aromatic carbocycles. The lowest BCUT2D eigenvalue weighted by atomic mass is 9.89. The van der Waals surface area contributed by atoms with Crippen molar-refractivity contribution < 1.29 is 39.2 Å². The largest absolute Gasteiger partial charge is 0.479 e. The van der Waals surface area contributed by atoms with Crippen LogP contribution in [0.2, 0.25) is 0 Å². The summed E-state index contributed by atoms with van der Waals surface area (Å²) in [6.07, 6.45) is -3.01. The van der Waals surface area contributed by atoms with Crippen molar-refractivity contribution in [2.45, 2.75) is 31.6 Å². The molecular formula is C26H28FN3O8S. The number of carbonyl (C=O) groups excluding carboxylic acids is 1. The Morgan fingerprint density at radius 2 is 1.51 bits per heavy atom. The third-order valence-electron chi connectivity index (χ3n) is 6.42. The molecule has 1 aliphatic heterocycles. The predicted octanol–water partition coefficient (Wildman–Crippen LogP) is 1.67. The number of hydrogen-bond acceptors (Lipinski definition) is 8. The van der Waals surface area contributed by atoms with Gasteiger partial charge in [-0.1, -0.05) is 12.1 Å². The fourth-order valence-electron chi connectivity index (χ4n) is 4.18. The zero-order valence-corrected chi connectivity index (χ0v) is 21.5. The van der Waals surface area contributed by atoms with Gasteiger partial charge in [0.15, 0.2) is 22.8 Å². The molecule has 3 aromatic rings. The molecule has 39 heavy (non-hydrogen) atoms. The molecule has 1 aliphatic rings. The molecule has 1 saturated heterocycles. The Hall–Kier alpha value is -3.78. The van der Waals surface area contributed by atoms with Gasteiger partial charge < -0.3 is 30.3 Å². The van der Waals surface area contributed by atoms with E-state index in [1.807, 2.05) is 18.2 Å². The monoisotopic (exact) mass is 561 g/mol. The molecule has 0 amide bonds. The number of nitrogens with zero attached hydrogens (tertiary/aromatic N) is 2. The highest BCUT2D eigenvalue weighted by Gasteiger charge is 2.29. The quantitative estimate of drug-likeness (QED) is 0.201. The highest BCUT2D eigenvalue weighted by molar-refractivity contribution is 7.71. The van der Waals surface area contributed by atoms with Gasteiger partial charge in [-0.05, 0) is 74.5 Å². The molecule has 208 valence electrons. The van der Waals surface area contributed by atoms with Crippen molar-refractivity contribution in [2.24, 2.45) is 5.92 Å². The minimum absolute atomic E-state index is 0.0389. The van der Waals surface area contributed by atoms with Crippen molar-refractivity contribution in [1.29, 1.82) is 0 Å². The lowest BCUT2D eigenvalue weighted by molar-refractivity contribution is -0.165. The Balaban J connectivity index is 0.000000360. The zero-order valence-electron chi connectivity index (χ0n) is 20.7. The van der Waals surface area contributed by atoms with E-state index in [4.69, 9.17) is 32.6 Å². The number of H-pyrrole nitrogens is 1. The molecule has 0 spiro atoms. The van der Waals surface area contributed by atoms with Crippen molar-refractivity contribution in [3.8, 4) is 0 Å². The maximum Gasteiger partial charge on any atom is 0.335 e. The topological polar surface area (TPSA) is 173 Å². The van der Waals surface area contributed by atoms with Crippen LogP contribution in [0.3, 0.4) is 0 Å². The van der Waals surface area contributed by atoms with Crippen molar-refractivity contribution >= 4 is 40.8 Å². The van der Waals surface area contributed by atoms with Crippen LogP contribution in [0.4, 0.5) is 4.39 Å². The Labute approximate surface area is 226 Å². The summed E-state index contributed by atoms with van der Waals surface area (Å²) in [5.41, 5.74) is 1.24. The number of aromatic amines is 1. The number of hydrogen-bond donors (Lipinski definition) is 5. The number of carboxylic acid groups (broad SMARTS) is 2. The van der Waals surface area contributed by atoms with Crippen LogP contribution in [-0.2, 0) is 16.1 Å².